The van der Waals surface area contributed by atoms with Crippen LogP contribution in [0.2, 0.25) is 0 Å². The van der Waals surface area contributed by atoms with Gasteiger partial charge in [0.25, 0.3) is 0 Å². The summed E-state index contributed by atoms with van der Waals surface area (Å²) in [7, 11) is 0. The summed E-state index contributed by atoms with van der Waals surface area (Å²) in [5, 5.41) is 0. The van der Waals surface area contributed by atoms with Gasteiger partial charge in [-0.25, -0.2) is 0 Å². The van der Waals surface area contributed by atoms with Gasteiger partial charge in [-0.3, -0.25) is 0 Å². The summed E-state index contributed by atoms with van der Waals surface area (Å²) in [4.78, 5) is 0. The van der Waals surface area contributed by atoms with Crippen LogP contribution >= 0.6 is 0 Å². The number of hydrogen-bond acceptors (Lipinski definition) is 0. The number of allylic oxidation sites excluding steroid dienone is 5. The Hall–Kier alpha value is -1.79. The van der Waals surface area contributed by atoms with Crippen molar-refractivity contribution in [1.82, 2.24) is 0 Å². The third-order valence-corrected chi connectivity index (χ3v) is 15.0. The first-order valence-electron chi connectivity index (χ1n) is 10.7. The molecule has 0 aromatic heterocycles. The molecule has 3 heteroatoms. The molecule has 0 aliphatic heterocycles. The van der Waals surface area contributed by atoms with E-state index in [9.17, 15) is 0 Å². The van der Waals surface area contributed by atoms with Crippen LogP contribution < -0.4 is 24.8 Å². The van der Waals surface area contributed by atoms with E-state index in [2.05, 4.69) is 117 Å². The fraction of sp³-hybridized carbons (Fsp3) is 0.138. The van der Waals surface area contributed by atoms with Gasteiger partial charge in [0.15, 0.2) is 0 Å². The monoisotopic (exact) mass is 534 g/mol. The van der Waals surface area contributed by atoms with Gasteiger partial charge in [0.2, 0.25) is 0 Å². The summed E-state index contributed by atoms with van der Waals surface area (Å²) in [6, 6.07) is 31.3. The van der Waals surface area contributed by atoms with Crippen LogP contribution in [0.1, 0.15) is 46.1 Å². The molecule has 0 bridgehead atoms. The van der Waals surface area contributed by atoms with Gasteiger partial charge >= 0.3 is 188 Å². The van der Waals surface area contributed by atoms with Crippen LogP contribution in [0.4, 0.5) is 0 Å². The average Bonchev–Trinajstić information content (AvgIpc) is 3.37. The molecule has 0 radical (unpaired) electrons. The summed E-state index contributed by atoms with van der Waals surface area (Å²) < 4.78 is 3.93. The molecule has 0 amide bonds. The molecule has 1 unspecified atom stereocenters. The van der Waals surface area contributed by atoms with Gasteiger partial charge in [-0.1, -0.05) is 0 Å². The molecule has 32 heavy (non-hydrogen) atoms. The van der Waals surface area contributed by atoms with Crippen molar-refractivity contribution < 1.29 is 46.1 Å². The van der Waals surface area contributed by atoms with E-state index in [1.165, 1.54) is 27.8 Å². The molecule has 3 aromatic rings. The second-order valence-electron chi connectivity index (χ2n) is 8.18. The van der Waals surface area contributed by atoms with E-state index in [-0.39, 0.29) is 24.8 Å². The minimum atomic E-state index is -2.37. The molecule has 3 aromatic carbocycles. The van der Waals surface area contributed by atoms with Crippen molar-refractivity contribution in [3.63, 3.8) is 0 Å². The summed E-state index contributed by atoms with van der Waals surface area (Å²) in [5.74, 6) is 0. The van der Waals surface area contributed by atoms with Crippen LogP contribution in [0.3, 0.4) is 0 Å². The van der Waals surface area contributed by atoms with E-state index in [4.69, 9.17) is 0 Å². The molecule has 0 nitrogen and oxygen atoms in total. The van der Waals surface area contributed by atoms with E-state index in [1.807, 2.05) is 0 Å². The standard InChI is InChI=1S/C13H10.C9H7.C7H9.2ClH.Zr/c1-3-7-12(8-4-1)11-13-9-5-2-6-10-13;1-2-5-9-7-3-6-8(9)4-1;1-6-4-3-5-7(6)2;;;/h1-10H;1-7H;4H,3H2,1-2H3;2*1H;/q;;;;;+2/p-2. The largest absolute Gasteiger partial charge is 1.00 e. The Morgan fingerprint density at radius 3 is 1.88 bits per heavy atom. The first-order valence-corrected chi connectivity index (χ1v) is 14.6. The fourth-order valence-corrected chi connectivity index (χ4v) is 14.0. The number of halogens is 2. The third kappa shape index (κ3) is 4.62. The number of benzene rings is 3. The maximum absolute atomic E-state index is 2.51. The van der Waals surface area contributed by atoms with Crippen LogP contribution in [-0.2, 0) is 21.3 Å². The normalized spacial score (nSPS) is 15.8. The quantitative estimate of drug-likeness (QED) is 0.472. The van der Waals surface area contributed by atoms with Crippen LogP contribution in [0.5, 0.6) is 0 Å². The van der Waals surface area contributed by atoms with E-state index in [1.54, 1.807) is 12.1 Å². The molecule has 0 fully saturated rings. The van der Waals surface area contributed by atoms with Crippen molar-refractivity contribution >= 4 is 9.28 Å². The van der Waals surface area contributed by atoms with Crippen LogP contribution in [0.15, 0.2) is 112 Å². The van der Waals surface area contributed by atoms with Crippen molar-refractivity contribution in [2.24, 2.45) is 0 Å². The Bertz CT molecular complexity index is 1180. The van der Waals surface area contributed by atoms with Gasteiger partial charge in [-0.05, 0) is 0 Å². The zero-order valence-electron chi connectivity index (χ0n) is 18.4. The Morgan fingerprint density at radius 1 is 0.750 bits per heavy atom. The number of rotatable bonds is 4. The molecule has 160 valence electrons. The SMILES string of the molecule is CC1=CC[C]([Zr+2](=[C](c2ccccc2)c2ccccc2)[CH]2C=Cc3ccccc32)=C1C.[Cl-].[Cl-]. The molecule has 2 aliphatic rings. The van der Waals surface area contributed by atoms with Gasteiger partial charge in [-0.2, -0.15) is 0 Å². The molecule has 0 N–H and O–H groups in total. The zero-order chi connectivity index (χ0) is 20.5. The molecule has 0 heterocycles. The summed E-state index contributed by atoms with van der Waals surface area (Å²) in [6.45, 7) is 4.64. The first-order chi connectivity index (χ1) is 14.7. The molecule has 0 saturated carbocycles. The minimum absolute atomic E-state index is 0. The second kappa shape index (κ2) is 10.9. The third-order valence-electron chi connectivity index (χ3n) is 6.49. The molecule has 0 saturated heterocycles. The maximum atomic E-state index is 2.51. The maximum Gasteiger partial charge on any atom is -1.00 e. The van der Waals surface area contributed by atoms with Gasteiger partial charge in [0.05, 0.1) is 0 Å². The number of hydrogen-bond donors (Lipinski definition) is 0. The van der Waals surface area contributed by atoms with Gasteiger partial charge in [0, 0.05) is 0 Å². The van der Waals surface area contributed by atoms with Crippen LogP contribution in [-0.4, -0.2) is 3.21 Å². The summed E-state index contributed by atoms with van der Waals surface area (Å²) >= 11 is -2.37. The molecule has 2 aliphatic carbocycles. The van der Waals surface area contributed by atoms with Gasteiger partial charge < -0.3 is 24.8 Å². The molecule has 1 atom stereocenters. The summed E-state index contributed by atoms with van der Waals surface area (Å²) in [5.41, 5.74) is 8.76. The summed E-state index contributed by atoms with van der Waals surface area (Å²) in [6.07, 6.45) is 8.45. The van der Waals surface area contributed by atoms with Crippen molar-refractivity contribution in [3.05, 3.63) is 134 Å². The second-order valence-corrected chi connectivity index (χ2v) is 14.5. The molecular formula is C29H26Cl2Zr. The fourth-order valence-electron chi connectivity index (χ4n) is 4.79. The van der Waals surface area contributed by atoms with Crippen molar-refractivity contribution in [2.75, 3.05) is 0 Å². The Balaban J connectivity index is 0.00000144. The van der Waals surface area contributed by atoms with E-state index >= 15 is 0 Å². The predicted octanol–water partition coefficient (Wildman–Crippen LogP) is 1.27. The van der Waals surface area contributed by atoms with Crippen molar-refractivity contribution in [2.45, 2.75) is 23.9 Å². The van der Waals surface area contributed by atoms with Gasteiger partial charge in [0.1, 0.15) is 0 Å². The predicted molar refractivity (Wildman–Crippen MR) is 125 cm³/mol. The Kier molecular flexibility index (Phi) is 8.45. The average molecular weight is 537 g/mol. The molecule has 5 rings (SSSR count). The van der Waals surface area contributed by atoms with Crippen molar-refractivity contribution in [3.8, 4) is 0 Å². The molecular weight excluding hydrogens is 510 g/mol. The van der Waals surface area contributed by atoms with E-state index < -0.39 is 21.3 Å². The van der Waals surface area contributed by atoms with Gasteiger partial charge in [-0.15, -0.1) is 0 Å². The minimum Gasteiger partial charge on any atom is -1.00 e. The smallest absolute Gasteiger partial charge is 1.00 e. The molecule has 0 spiro atoms. The van der Waals surface area contributed by atoms with E-state index in [0.717, 1.165) is 6.42 Å². The topological polar surface area (TPSA) is 0 Å². The Labute approximate surface area is 211 Å². The van der Waals surface area contributed by atoms with Crippen LogP contribution in [0, 0.1) is 0 Å². The van der Waals surface area contributed by atoms with Crippen LogP contribution in [0.25, 0.3) is 6.08 Å². The van der Waals surface area contributed by atoms with Crippen molar-refractivity contribution in [1.29, 1.82) is 0 Å². The zero-order valence-corrected chi connectivity index (χ0v) is 22.3. The first kappa shape index (κ1) is 24.8. The van der Waals surface area contributed by atoms with E-state index in [0.29, 0.717) is 3.63 Å². The number of fused-ring (bicyclic) bond motifs is 1. The Morgan fingerprint density at radius 2 is 1.31 bits per heavy atom.